The highest BCUT2D eigenvalue weighted by molar-refractivity contribution is 5.93. The van der Waals surface area contributed by atoms with Gasteiger partial charge in [-0.2, -0.15) is 0 Å². The van der Waals surface area contributed by atoms with E-state index in [1.807, 2.05) is 9.80 Å². The summed E-state index contributed by atoms with van der Waals surface area (Å²) in [5.41, 5.74) is 0.750. The zero-order valence-corrected chi connectivity index (χ0v) is 12.3. The first-order valence-electron chi connectivity index (χ1n) is 7.76. The molecule has 6 heteroatoms. The van der Waals surface area contributed by atoms with Gasteiger partial charge in [0.15, 0.2) is 0 Å². The van der Waals surface area contributed by atoms with Crippen LogP contribution in [-0.2, 0) is 19.1 Å². The van der Waals surface area contributed by atoms with Crippen LogP contribution in [0.1, 0.15) is 25.7 Å². The molecule has 6 nitrogen and oxygen atoms in total. The van der Waals surface area contributed by atoms with Crippen molar-refractivity contribution >= 4 is 11.8 Å². The normalized spacial score (nSPS) is 26.3. The van der Waals surface area contributed by atoms with Gasteiger partial charge in [0, 0.05) is 32.8 Å². The van der Waals surface area contributed by atoms with E-state index < -0.39 is 0 Å². The Balaban J connectivity index is 1.51. The summed E-state index contributed by atoms with van der Waals surface area (Å²) in [5.74, 6) is 0.138. The molecule has 0 aromatic rings. The van der Waals surface area contributed by atoms with Crippen molar-refractivity contribution in [2.24, 2.45) is 0 Å². The monoisotopic (exact) mass is 294 g/mol. The van der Waals surface area contributed by atoms with E-state index in [0.29, 0.717) is 39.4 Å². The average molecular weight is 294 g/mol. The number of carbonyl (C=O) groups excluding carboxylic acids is 2. The third kappa shape index (κ3) is 3.20. The molecule has 0 spiro atoms. The summed E-state index contributed by atoms with van der Waals surface area (Å²) < 4.78 is 10.7. The average Bonchev–Trinajstić information content (AvgIpc) is 3.09. The standard InChI is InChI=1S/C15H22N2O4/c18-14(12-3-1-9-20-11-12)16-5-7-17(8-6-16)15(19)13-4-2-10-21-13/h11,13H,1-10H2/t13-/m0/s1. The van der Waals surface area contributed by atoms with Gasteiger partial charge in [-0.15, -0.1) is 0 Å². The van der Waals surface area contributed by atoms with Crippen molar-refractivity contribution in [3.63, 3.8) is 0 Å². The lowest BCUT2D eigenvalue weighted by molar-refractivity contribution is -0.145. The van der Waals surface area contributed by atoms with Crippen molar-refractivity contribution in [3.8, 4) is 0 Å². The van der Waals surface area contributed by atoms with Crippen LogP contribution in [0, 0.1) is 0 Å². The number of hydrogen-bond acceptors (Lipinski definition) is 4. The highest BCUT2D eigenvalue weighted by Crippen LogP contribution is 2.18. The van der Waals surface area contributed by atoms with Crippen LogP contribution < -0.4 is 0 Å². The van der Waals surface area contributed by atoms with Gasteiger partial charge in [-0.3, -0.25) is 9.59 Å². The number of rotatable bonds is 2. The fourth-order valence-electron chi connectivity index (χ4n) is 3.03. The van der Waals surface area contributed by atoms with E-state index in [9.17, 15) is 9.59 Å². The molecular formula is C15H22N2O4. The van der Waals surface area contributed by atoms with Crippen LogP contribution in [0.5, 0.6) is 0 Å². The molecular weight excluding hydrogens is 272 g/mol. The molecule has 3 aliphatic heterocycles. The van der Waals surface area contributed by atoms with Gasteiger partial charge in [0.1, 0.15) is 6.10 Å². The zero-order valence-electron chi connectivity index (χ0n) is 12.3. The first kappa shape index (κ1) is 14.4. The molecule has 0 unspecified atom stereocenters. The zero-order chi connectivity index (χ0) is 14.7. The molecule has 3 rings (SSSR count). The minimum absolute atomic E-state index is 0.0546. The largest absolute Gasteiger partial charge is 0.501 e. The number of piperazine rings is 1. The van der Waals surface area contributed by atoms with Crippen LogP contribution >= 0.6 is 0 Å². The van der Waals surface area contributed by atoms with Crippen LogP contribution in [0.15, 0.2) is 11.8 Å². The van der Waals surface area contributed by atoms with E-state index >= 15 is 0 Å². The lowest BCUT2D eigenvalue weighted by atomic mass is 10.1. The lowest BCUT2D eigenvalue weighted by Gasteiger charge is -2.36. The number of carbonyl (C=O) groups is 2. The predicted molar refractivity (Wildman–Crippen MR) is 75.4 cm³/mol. The number of amides is 2. The molecule has 0 bridgehead atoms. The molecule has 21 heavy (non-hydrogen) atoms. The van der Waals surface area contributed by atoms with Crippen molar-refractivity contribution in [2.75, 3.05) is 39.4 Å². The molecule has 1 atom stereocenters. The molecule has 0 radical (unpaired) electrons. The van der Waals surface area contributed by atoms with E-state index in [0.717, 1.165) is 31.3 Å². The SMILES string of the molecule is O=C(C1=COCCC1)N1CCN(C(=O)[C@@H]2CCCO2)CC1. The molecule has 3 heterocycles. The Labute approximate surface area is 124 Å². The van der Waals surface area contributed by atoms with Crippen LogP contribution in [0.4, 0.5) is 0 Å². The Bertz CT molecular complexity index is 435. The van der Waals surface area contributed by atoms with E-state index in [1.54, 1.807) is 6.26 Å². The summed E-state index contributed by atoms with van der Waals surface area (Å²) in [7, 11) is 0. The van der Waals surface area contributed by atoms with E-state index in [-0.39, 0.29) is 17.9 Å². The van der Waals surface area contributed by atoms with E-state index in [4.69, 9.17) is 9.47 Å². The maximum absolute atomic E-state index is 12.3. The van der Waals surface area contributed by atoms with Gasteiger partial charge in [-0.05, 0) is 25.7 Å². The van der Waals surface area contributed by atoms with Crippen molar-refractivity contribution in [3.05, 3.63) is 11.8 Å². The van der Waals surface area contributed by atoms with E-state index in [2.05, 4.69) is 0 Å². The summed E-state index contributed by atoms with van der Waals surface area (Å²) >= 11 is 0. The fourth-order valence-corrected chi connectivity index (χ4v) is 3.03. The van der Waals surface area contributed by atoms with Crippen molar-refractivity contribution in [1.82, 2.24) is 9.80 Å². The van der Waals surface area contributed by atoms with E-state index in [1.165, 1.54) is 0 Å². The summed E-state index contributed by atoms with van der Waals surface area (Å²) in [4.78, 5) is 28.2. The molecule has 3 aliphatic rings. The van der Waals surface area contributed by atoms with Gasteiger partial charge >= 0.3 is 0 Å². The first-order valence-corrected chi connectivity index (χ1v) is 7.76. The first-order chi connectivity index (χ1) is 10.3. The van der Waals surface area contributed by atoms with Crippen LogP contribution in [0.25, 0.3) is 0 Å². The highest BCUT2D eigenvalue weighted by atomic mass is 16.5. The molecule has 0 N–H and O–H groups in total. The minimum Gasteiger partial charge on any atom is -0.501 e. The molecule has 2 amide bonds. The van der Waals surface area contributed by atoms with Crippen molar-refractivity contribution < 1.29 is 19.1 Å². The fraction of sp³-hybridized carbons (Fsp3) is 0.733. The van der Waals surface area contributed by atoms with Crippen molar-refractivity contribution in [1.29, 1.82) is 0 Å². The summed E-state index contributed by atoms with van der Waals surface area (Å²) in [5, 5.41) is 0. The Morgan fingerprint density at radius 2 is 1.81 bits per heavy atom. The minimum atomic E-state index is -0.262. The lowest BCUT2D eigenvalue weighted by Crippen LogP contribution is -2.53. The van der Waals surface area contributed by atoms with Gasteiger partial charge in [-0.25, -0.2) is 0 Å². The molecule has 2 saturated heterocycles. The highest BCUT2D eigenvalue weighted by Gasteiger charge is 2.32. The molecule has 2 fully saturated rings. The second-order valence-electron chi connectivity index (χ2n) is 5.74. The molecule has 0 aromatic heterocycles. The summed E-state index contributed by atoms with van der Waals surface area (Å²) in [6.45, 7) is 3.75. The Kier molecular flexibility index (Phi) is 4.43. The smallest absolute Gasteiger partial charge is 0.252 e. The predicted octanol–water partition coefficient (Wildman–Crippen LogP) is 0.530. The van der Waals surface area contributed by atoms with Gasteiger partial charge in [0.25, 0.3) is 11.8 Å². The van der Waals surface area contributed by atoms with Crippen LogP contribution in [0.2, 0.25) is 0 Å². The number of nitrogens with zero attached hydrogens (tertiary/aromatic N) is 2. The quantitative estimate of drug-likeness (QED) is 0.745. The van der Waals surface area contributed by atoms with Gasteiger partial charge < -0.3 is 19.3 Å². The number of hydrogen-bond donors (Lipinski definition) is 0. The summed E-state index contributed by atoms with van der Waals surface area (Å²) in [6.07, 6.45) is 4.80. The Morgan fingerprint density at radius 3 is 2.43 bits per heavy atom. The third-order valence-corrected chi connectivity index (χ3v) is 4.29. The third-order valence-electron chi connectivity index (χ3n) is 4.29. The van der Waals surface area contributed by atoms with Crippen LogP contribution in [0.3, 0.4) is 0 Å². The maximum atomic E-state index is 12.3. The molecule has 0 saturated carbocycles. The second kappa shape index (κ2) is 6.47. The van der Waals surface area contributed by atoms with Gasteiger partial charge in [0.2, 0.25) is 0 Å². The van der Waals surface area contributed by atoms with Crippen LogP contribution in [-0.4, -0.2) is 67.1 Å². The summed E-state index contributed by atoms with van der Waals surface area (Å²) in [6, 6.07) is 0. The number of ether oxygens (including phenoxy) is 2. The maximum Gasteiger partial charge on any atom is 0.252 e. The van der Waals surface area contributed by atoms with Crippen molar-refractivity contribution in [2.45, 2.75) is 31.8 Å². The molecule has 0 aliphatic carbocycles. The van der Waals surface area contributed by atoms with Gasteiger partial charge in [0.05, 0.1) is 18.4 Å². The topological polar surface area (TPSA) is 59.1 Å². The molecule has 0 aromatic carbocycles. The Morgan fingerprint density at radius 1 is 1.05 bits per heavy atom. The second-order valence-corrected chi connectivity index (χ2v) is 5.74. The van der Waals surface area contributed by atoms with Gasteiger partial charge in [-0.1, -0.05) is 0 Å². The molecule has 116 valence electrons. The Hall–Kier alpha value is -1.56.